The first kappa shape index (κ1) is 14.9. The van der Waals surface area contributed by atoms with Gasteiger partial charge in [-0.05, 0) is 24.1 Å². The van der Waals surface area contributed by atoms with Crippen LogP contribution in [-0.2, 0) is 18.1 Å². The molecule has 2 nitrogen and oxygen atoms in total. The summed E-state index contributed by atoms with van der Waals surface area (Å²) in [6.07, 6.45) is 0. The van der Waals surface area contributed by atoms with Crippen molar-refractivity contribution >= 4 is 11.8 Å². The SMILES string of the molecule is COc1cc(CSCc2cccc(C)c2)ccc1CN. The van der Waals surface area contributed by atoms with E-state index in [4.69, 9.17) is 10.5 Å². The number of nitrogens with two attached hydrogens (primary N) is 1. The molecule has 0 atom stereocenters. The van der Waals surface area contributed by atoms with Crippen molar-refractivity contribution in [1.82, 2.24) is 0 Å². The van der Waals surface area contributed by atoms with Crippen LogP contribution < -0.4 is 10.5 Å². The Balaban J connectivity index is 1.94. The van der Waals surface area contributed by atoms with E-state index >= 15 is 0 Å². The number of thioether (sulfide) groups is 1. The van der Waals surface area contributed by atoms with Gasteiger partial charge < -0.3 is 10.5 Å². The van der Waals surface area contributed by atoms with E-state index in [1.165, 1.54) is 16.7 Å². The van der Waals surface area contributed by atoms with Gasteiger partial charge in [0, 0.05) is 23.6 Å². The molecule has 2 rings (SSSR count). The number of methoxy groups -OCH3 is 1. The molecule has 106 valence electrons. The monoisotopic (exact) mass is 287 g/mol. The molecule has 0 aromatic heterocycles. The minimum Gasteiger partial charge on any atom is -0.496 e. The number of benzene rings is 2. The third-order valence-corrected chi connectivity index (χ3v) is 4.27. The Morgan fingerprint density at radius 2 is 1.80 bits per heavy atom. The second-order valence-corrected chi connectivity index (χ2v) is 5.82. The van der Waals surface area contributed by atoms with Crippen LogP contribution in [0, 0.1) is 6.92 Å². The first-order chi connectivity index (χ1) is 9.72. The molecule has 2 aromatic carbocycles. The first-order valence-electron chi connectivity index (χ1n) is 6.72. The summed E-state index contributed by atoms with van der Waals surface area (Å²) >= 11 is 1.91. The Kier molecular flexibility index (Phi) is 5.50. The standard InChI is InChI=1S/C17H21NOS/c1-13-4-3-5-14(8-13)11-20-12-15-6-7-16(10-18)17(9-15)19-2/h3-9H,10-12,18H2,1-2H3. The van der Waals surface area contributed by atoms with Gasteiger partial charge >= 0.3 is 0 Å². The number of rotatable bonds is 6. The van der Waals surface area contributed by atoms with E-state index in [0.717, 1.165) is 22.8 Å². The van der Waals surface area contributed by atoms with E-state index in [2.05, 4.69) is 49.4 Å². The lowest BCUT2D eigenvalue weighted by molar-refractivity contribution is 0.409. The van der Waals surface area contributed by atoms with Crippen LogP contribution in [0.1, 0.15) is 22.3 Å². The maximum Gasteiger partial charge on any atom is 0.123 e. The van der Waals surface area contributed by atoms with Gasteiger partial charge in [-0.15, -0.1) is 0 Å². The fourth-order valence-corrected chi connectivity index (χ4v) is 3.07. The zero-order chi connectivity index (χ0) is 14.4. The molecule has 0 aliphatic heterocycles. The highest BCUT2D eigenvalue weighted by atomic mass is 32.2. The average Bonchev–Trinajstić information content (AvgIpc) is 2.47. The smallest absolute Gasteiger partial charge is 0.123 e. The van der Waals surface area contributed by atoms with Crippen molar-refractivity contribution in [3.8, 4) is 5.75 Å². The number of aryl methyl sites for hydroxylation is 1. The topological polar surface area (TPSA) is 35.2 Å². The van der Waals surface area contributed by atoms with Crippen LogP contribution in [0.25, 0.3) is 0 Å². The second kappa shape index (κ2) is 7.36. The van der Waals surface area contributed by atoms with Gasteiger partial charge in [0.15, 0.2) is 0 Å². The zero-order valence-electron chi connectivity index (χ0n) is 12.1. The fourth-order valence-electron chi connectivity index (χ4n) is 2.14. The normalized spacial score (nSPS) is 10.6. The lowest BCUT2D eigenvalue weighted by Gasteiger charge is -2.09. The van der Waals surface area contributed by atoms with Gasteiger partial charge in [0.1, 0.15) is 5.75 Å². The molecule has 0 unspecified atom stereocenters. The molecule has 0 spiro atoms. The lowest BCUT2D eigenvalue weighted by atomic mass is 10.1. The summed E-state index contributed by atoms with van der Waals surface area (Å²) in [6, 6.07) is 14.9. The summed E-state index contributed by atoms with van der Waals surface area (Å²) in [6.45, 7) is 2.64. The van der Waals surface area contributed by atoms with Crippen LogP contribution in [0.2, 0.25) is 0 Å². The third kappa shape index (κ3) is 4.02. The molecular weight excluding hydrogens is 266 g/mol. The molecule has 0 saturated carbocycles. The molecular formula is C17H21NOS. The average molecular weight is 287 g/mol. The van der Waals surface area contributed by atoms with Crippen LogP contribution in [0.5, 0.6) is 5.75 Å². The van der Waals surface area contributed by atoms with E-state index in [-0.39, 0.29) is 0 Å². The molecule has 0 fully saturated rings. The highest BCUT2D eigenvalue weighted by Crippen LogP contribution is 2.24. The predicted octanol–water partition coefficient (Wildman–Crippen LogP) is 3.90. The van der Waals surface area contributed by atoms with E-state index in [9.17, 15) is 0 Å². The summed E-state index contributed by atoms with van der Waals surface area (Å²) in [5.74, 6) is 2.90. The van der Waals surface area contributed by atoms with Crippen LogP contribution >= 0.6 is 11.8 Å². The maximum absolute atomic E-state index is 5.68. The Morgan fingerprint density at radius 1 is 1.05 bits per heavy atom. The molecule has 0 saturated heterocycles. The molecule has 2 N–H and O–H groups in total. The van der Waals surface area contributed by atoms with Crippen molar-refractivity contribution in [1.29, 1.82) is 0 Å². The largest absolute Gasteiger partial charge is 0.496 e. The van der Waals surface area contributed by atoms with Crippen molar-refractivity contribution in [3.63, 3.8) is 0 Å². The molecule has 0 bridgehead atoms. The van der Waals surface area contributed by atoms with E-state index < -0.39 is 0 Å². The van der Waals surface area contributed by atoms with Gasteiger partial charge in [-0.25, -0.2) is 0 Å². The van der Waals surface area contributed by atoms with E-state index in [0.29, 0.717) is 6.54 Å². The summed E-state index contributed by atoms with van der Waals surface area (Å²) in [5.41, 5.74) is 10.7. The van der Waals surface area contributed by atoms with Gasteiger partial charge in [0.05, 0.1) is 7.11 Å². The van der Waals surface area contributed by atoms with E-state index in [1.54, 1.807) is 7.11 Å². The lowest BCUT2D eigenvalue weighted by Crippen LogP contribution is -2.00. The van der Waals surface area contributed by atoms with Crippen molar-refractivity contribution in [2.24, 2.45) is 5.73 Å². The Morgan fingerprint density at radius 3 is 2.45 bits per heavy atom. The van der Waals surface area contributed by atoms with E-state index in [1.807, 2.05) is 11.8 Å². The Hall–Kier alpha value is -1.45. The van der Waals surface area contributed by atoms with Crippen LogP contribution in [0.4, 0.5) is 0 Å². The molecule has 2 aromatic rings. The second-order valence-electron chi connectivity index (χ2n) is 4.83. The molecule has 0 radical (unpaired) electrons. The summed E-state index contributed by atoms with van der Waals surface area (Å²) in [4.78, 5) is 0. The van der Waals surface area contributed by atoms with Crippen LogP contribution in [0.15, 0.2) is 42.5 Å². The summed E-state index contributed by atoms with van der Waals surface area (Å²) in [5, 5.41) is 0. The van der Waals surface area contributed by atoms with Crippen molar-refractivity contribution in [2.45, 2.75) is 25.0 Å². The molecule has 0 amide bonds. The highest BCUT2D eigenvalue weighted by Gasteiger charge is 2.03. The molecule has 0 aliphatic rings. The number of hydrogen-bond acceptors (Lipinski definition) is 3. The zero-order valence-corrected chi connectivity index (χ0v) is 12.9. The maximum atomic E-state index is 5.68. The fraction of sp³-hybridized carbons (Fsp3) is 0.294. The van der Waals surface area contributed by atoms with Gasteiger partial charge in [0.25, 0.3) is 0 Å². The van der Waals surface area contributed by atoms with Gasteiger partial charge in [-0.2, -0.15) is 11.8 Å². The summed E-state index contributed by atoms with van der Waals surface area (Å²) < 4.78 is 5.37. The van der Waals surface area contributed by atoms with Gasteiger partial charge in [0.2, 0.25) is 0 Å². The minimum absolute atomic E-state index is 0.514. The van der Waals surface area contributed by atoms with Crippen LogP contribution in [0.3, 0.4) is 0 Å². The highest BCUT2D eigenvalue weighted by molar-refractivity contribution is 7.97. The number of hydrogen-bond donors (Lipinski definition) is 1. The van der Waals surface area contributed by atoms with Crippen LogP contribution in [-0.4, -0.2) is 7.11 Å². The van der Waals surface area contributed by atoms with Crippen molar-refractivity contribution in [3.05, 3.63) is 64.7 Å². The first-order valence-corrected chi connectivity index (χ1v) is 7.87. The Bertz CT molecular complexity index is 569. The number of ether oxygens (including phenoxy) is 1. The quantitative estimate of drug-likeness (QED) is 0.875. The van der Waals surface area contributed by atoms with Gasteiger partial charge in [-0.3, -0.25) is 0 Å². The molecule has 3 heteroatoms. The molecule has 0 heterocycles. The molecule has 0 aliphatic carbocycles. The van der Waals surface area contributed by atoms with Crippen molar-refractivity contribution in [2.75, 3.05) is 7.11 Å². The minimum atomic E-state index is 0.514. The molecule has 20 heavy (non-hydrogen) atoms. The summed E-state index contributed by atoms with van der Waals surface area (Å²) in [7, 11) is 1.69. The Labute approximate surface area is 125 Å². The van der Waals surface area contributed by atoms with Crippen molar-refractivity contribution < 1.29 is 4.74 Å². The predicted molar refractivity (Wildman–Crippen MR) is 87.1 cm³/mol. The third-order valence-electron chi connectivity index (χ3n) is 3.19. The van der Waals surface area contributed by atoms with Gasteiger partial charge in [-0.1, -0.05) is 42.0 Å².